The zero-order valence-electron chi connectivity index (χ0n) is 3.05. The van der Waals surface area contributed by atoms with Crippen LogP contribution >= 0.6 is 8.43 Å². The van der Waals surface area contributed by atoms with Crippen molar-refractivity contribution >= 4 is 20.0 Å². The number of rotatable bonds is 0. The first-order chi connectivity index (χ1) is 2.89. The number of hydrogen-bond acceptors (Lipinski definition) is 2. The van der Waals surface area contributed by atoms with Crippen molar-refractivity contribution in [1.29, 1.82) is 0 Å². The number of carbonyl (C=O) groups is 1. The summed E-state index contributed by atoms with van der Waals surface area (Å²) in [6.07, 6.45) is 0. The lowest BCUT2D eigenvalue weighted by atomic mass is 10.5. The van der Waals surface area contributed by atoms with Crippen LogP contribution in [-0.2, 0) is 9.32 Å². The molecular weight excluding hydrogens is 99.0 g/mol. The molecule has 0 N–H and O–H groups in total. The third-order valence-electron chi connectivity index (χ3n) is 0.478. The van der Waals surface area contributed by atoms with Crippen LogP contribution in [0.1, 0.15) is 0 Å². The molecule has 3 heteroatoms. The summed E-state index contributed by atoms with van der Waals surface area (Å²) in [5.41, 5.74) is 0. The van der Waals surface area contributed by atoms with E-state index in [9.17, 15) is 4.79 Å². The summed E-state index contributed by atoms with van der Waals surface area (Å²) in [6, 6.07) is 0. The molecule has 0 aromatic carbocycles. The van der Waals surface area contributed by atoms with Crippen molar-refractivity contribution in [2.45, 2.75) is 0 Å². The first kappa shape index (κ1) is 3.97. The third-order valence-corrected chi connectivity index (χ3v) is 1.15. The van der Waals surface area contributed by atoms with Crippen molar-refractivity contribution in [2.24, 2.45) is 0 Å². The number of ketones is 1. The van der Waals surface area contributed by atoms with Gasteiger partial charge in [0.05, 0.1) is 8.43 Å². The molecule has 0 unspecified atom stereocenters. The fraction of sp³-hybridized carbons (Fsp3) is 0.333. The van der Waals surface area contributed by atoms with Gasteiger partial charge in [0.25, 0.3) is 0 Å². The maximum Gasteiger partial charge on any atom is 0.188 e. The maximum absolute atomic E-state index is 10.1. The Morgan fingerprint density at radius 3 is 3.00 bits per heavy atom. The Morgan fingerprint density at radius 2 is 2.83 bits per heavy atom. The van der Waals surface area contributed by atoms with Gasteiger partial charge in [-0.05, 0) is 0 Å². The number of carbonyl (C=O) groups excluding carboxylic acids is 1. The normalized spacial score (nSPS) is 22.3. The monoisotopic (exact) mass is 102 g/mol. The second kappa shape index (κ2) is 1.50. The molecule has 0 aromatic rings. The quantitative estimate of drug-likeness (QED) is 0.410. The fourth-order valence-electron chi connectivity index (χ4n) is 0.234. The molecule has 0 fully saturated rings. The van der Waals surface area contributed by atoms with E-state index in [1.807, 2.05) is 0 Å². The molecule has 0 bridgehead atoms. The highest BCUT2D eigenvalue weighted by molar-refractivity contribution is 7.37. The SMILES string of the molecule is O=C1C=POC1. The molecule has 0 aromatic heterocycles. The highest BCUT2D eigenvalue weighted by atomic mass is 31.1. The van der Waals surface area contributed by atoms with Crippen LogP contribution in [0.3, 0.4) is 0 Å². The lowest BCUT2D eigenvalue weighted by Crippen LogP contribution is -1.96. The Bertz CT molecular complexity index is 97.0. The van der Waals surface area contributed by atoms with Gasteiger partial charge in [0.2, 0.25) is 0 Å². The minimum absolute atomic E-state index is 0.0941. The van der Waals surface area contributed by atoms with Crippen molar-refractivity contribution in [3.05, 3.63) is 0 Å². The van der Waals surface area contributed by atoms with Crippen LogP contribution in [0.2, 0.25) is 0 Å². The Hall–Kier alpha value is -0.200. The van der Waals surface area contributed by atoms with E-state index in [4.69, 9.17) is 0 Å². The van der Waals surface area contributed by atoms with Crippen molar-refractivity contribution < 1.29 is 9.32 Å². The fourth-order valence-corrected chi connectivity index (χ4v) is 0.703. The van der Waals surface area contributed by atoms with E-state index in [0.29, 0.717) is 8.43 Å². The van der Waals surface area contributed by atoms with Gasteiger partial charge in [-0.15, -0.1) is 0 Å². The predicted octanol–water partition coefficient (Wildman–Crippen LogP) is 0.249. The van der Waals surface area contributed by atoms with Gasteiger partial charge in [0, 0.05) is 5.80 Å². The van der Waals surface area contributed by atoms with E-state index in [1.165, 1.54) is 5.80 Å². The Labute approximate surface area is 37.0 Å². The standard InChI is InChI=1S/C3H3O2P/c4-3-1-5-6-2-3/h2H,1H2. The molecule has 0 spiro atoms. The Kier molecular flexibility index (Phi) is 0.992. The average molecular weight is 102 g/mol. The second-order valence-corrected chi connectivity index (χ2v) is 1.70. The van der Waals surface area contributed by atoms with E-state index in [1.54, 1.807) is 0 Å². The first-order valence-electron chi connectivity index (χ1n) is 1.58. The summed E-state index contributed by atoms with van der Waals surface area (Å²) in [4.78, 5) is 10.1. The Balaban J connectivity index is 2.59. The van der Waals surface area contributed by atoms with Crippen LogP contribution in [0.5, 0.6) is 0 Å². The van der Waals surface area contributed by atoms with E-state index in [-0.39, 0.29) is 12.4 Å². The second-order valence-electron chi connectivity index (χ2n) is 0.974. The molecule has 32 valence electrons. The van der Waals surface area contributed by atoms with Crippen LogP contribution in [0.15, 0.2) is 0 Å². The van der Waals surface area contributed by atoms with Gasteiger partial charge < -0.3 is 4.52 Å². The van der Waals surface area contributed by atoms with Crippen molar-refractivity contribution in [3.63, 3.8) is 0 Å². The average Bonchev–Trinajstić information content (AvgIpc) is 1.86. The molecule has 0 saturated heterocycles. The van der Waals surface area contributed by atoms with Crippen molar-refractivity contribution in [1.82, 2.24) is 0 Å². The minimum atomic E-state index is 0.0941. The summed E-state index contributed by atoms with van der Waals surface area (Å²) in [5.74, 6) is 1.61. The van der Waals surface area contributed by atoms with Gasteiger partial charge >= 0.3 is 0 Å². The molecular formula is C3H3O2P. The first-order valence-corrected chi connectivity index (χ1v) is 2.46. The topological polar surface area (TPSA) is 26.3 Å². The zero-order valence-corrected chi connectivity index (χ0v) is 3.94. The van der Waals surface area contributed by atoms with Crippen LogP contribution in [0.25, 0.3) is 0 Å². The summed E-state index contributed by atoms with van der Waals surface area (Å²) in [5, 5.41) is 0. The van der Waals surface area contributed by atoms with E-state index < -0.39 is 0 Å². The van der Waals surface area contributed by atoms with Crippen LogP contribution in [0.4, 0.5) is 0 Å². The molecule has 1 aliphatic rings. The van der Waals surface area contributed by atoms with Crippen molar-refractivity contribution in [3.8, 4) is 0 Å². The van der Waals surface area contributed by atoms with E-state index >= 15 is 0 Å². The largest absolute Gasteiger partial charge is 0.318 e. The molecule has 1 aliphatic heterocycles. The maximum atomic E-state index is 10.1. The molecule has 0 radical (unpaired) electrons. The molecule has 1 rings (SSSR count). The van der Waals surface area contributed by atoms with Crippen molar-refractivity contribution in [2.75, 3.05) is 6.61 Å². The van der Waals surface area contributed by atoms with E-state index in [2.05, 4.69) is 4.52 Å². The van der Waals surface area contributed by atoms with Gasteiger partial charge in [0.15, 0.2) is 5.78 Å². The van der Waals surface area contributed by atoms with Crippen LogP contribution in [0, 0.1) is 0 Å². The smallest absolute Gasteiger partial charge is 0.188 e. The number of Topliss-reactive ketones (excluding diaryl/α,β-unsaturated/α-hetero) is 1. The van der Waals surface area contributed by atoms with Crippen LogP contribution in [-0.4, -0.2) is 18.2 Å². The molecule has 1 heterocycles. The molecule has 0 amide bonds. The molecule has 6 heavy (non-hydrogen) atoms. The minimum Gasteiger partial charge on any atom is -0.318 e. The number of hydrogen-bond donors (Lipinski definition) is 0. The van der Waals surface area contributed by atoms with E-state index in [0.717, 1.165) is 0 Å². The summed E-state index contributed by atoms with van der Waals surface area (Å²) in [6.45, 7) is 0.279. The zero-order chi connectivity index (χ0) is 4.41. The molecule has 0 atom stereocenters. The highest BCUT2D eigenvalue weighted by Gasteiger charge is 2.00. The summed E-state index contributed by atoms with van der Waals surface area (Å²) < 4.78 is 4.62. The highest BCUT2D eigenvalue weighted by Crippen LogP contribution is 2.02. The summed E-state index contributed by atoms with van der Waals surface area (Å²) >= 11 is 0. The van der Waals surface area contributed by atoms with Gasteiger partial charge in [-0.3, -0.25) is 4.79 Å². The van der Waals surface area contributed by atoms with Gasteiger partial charge in [-0.25, -0.2) is 0 Å². The molecule has 2 nitrogen and oxygen atoms in total. The third kappa shape index (κ3) is 0.644. The lowest BCUT2D eigenvalue weighted by Gasteiger charge is -1.73. The van der Waals surface area contributed by atoms with Gasteiger partial charge in [-0.2, -0.15) is 0 Å². The lowest BCUT2D eigenvalue weighted by molar-refractivity contribution is -0.113. The molecule has 0 saturated carbocycles. The predicted molar refractivity (Wildman–Crippen MR) is 23.9 cm³/mol. The van der Waals surface area contributed by atoms with Gasteiger partial charge in [-0.1, -0.05) is 0 Å². The van der Waals surface area contributed by atoms with Gasteiger partial charge in [0.1, 0.15) is 6.61 Å². The van der Waals surface area contributed by atoms with Crippen LogP contribution < -0.4 is 0 Å². The Morgan fingerprint density at radius 1 is 2.00 bits per heavy atom. The summed E-state index contributed by atoms with van der Waals surface area (Å²) in [7, 11) is 0.711. The molecule has 0 aliphatic carbocycles.